The van der Waals surface area contributed by atoms with Gasteiger partial charge in [0.25, 0.3) is 0 Å². The highest BCUT2D eigenvalue weighted by molar-refractivity contribution is 5.94. The number of carbonyl (C=O) groups is 1. The number of hydrogen-bond donors (Lipinski definition) is 3. The van der Waals surface area contributed by atoms with Crippen molar-refractivity contribution in [3.05, 3.63) is 72.2 Å². The summed E-state index contributed by atoms with van der Waals surface area (Å²) in [5, 5.41) is 7.60. The number of hydrogen-bond acceptors (Lipinski definition) is 6. The summed E-state index contributed by atoms with van der Waals surface area (Å²) in [5.41, 5.74) is 7.69. The molecule has 3 aromatic rings. The summed E-state index contributed by atoms with van der Waals surface area (Å²) in [4.78, 5) is 22.1. The van der Waals surface area contributed by atoms with Crippen molar-refractivity contribution >= 4 is 17.4 Å². The largest absolute Gasteiger partial charge is 0.433 e. The molecule has 1 aromatic carbocycles. The number of alkyl halides is 3. The number of amides is 1. The molecule has 3 heterocycles. The number of anilines is 2. The zero-order valence-corrected chi connectivity index (χ0v) is 22.1. The van der Waals surface area contributed by atoms with Crippen molar-refractivity contribution in [3.8, 4) is 11.1 Å². The Morgan fingerprint density at radius 2 is 1.75 bits per heavy atom. The van der Waals surface area contributed by atoms with Gasteiger partial charge in [0, 0.05) is 42.5 Å². The number of rotatable bonds is 7. The van der Waals surface area contributed by atoms with Crippen LogP contribution in [0.15, 0.2) is 60.9 Å². The van der Waals surface area contributed by atoms with Crippen LogP contribution in [0, 0.1) is 5.92 Å². The first-order valence-corrected chi connectivity index (χ1v) is 13.9. The second-order valence-electron chi connectivity index (χ2n) is 11.2. The lowest BCUT2D eigenvalue weighted by Gasteiger charge is -2.40. The fourth-order valence-electron chi connectivity index (χ4n) is 6.73. The lowest BCUT2D eigenvalue weighted by molar-refractivity contribution is -0.141. The molecule has 2 bridgehead atoms. The summed E-state index contributed by atoms with van der Waals surface area (Å²) >= 11 is 0. The highest BCUT2D eigenvalue weighted by Gasteiger charge is 2.46. The number of primary amides is 1. The molecule has 3 fully saturated rings. The number of halogens is 3. The van der Waals surface area contributed by atoms with Crippen molar-refractivity contribution in [1.29, 1.82) is 0 Å². The fraction of sp³-hybridized carbons (Fsp3) is 0.433. The Kier molecular flexibility index (Phi) is 7.12. The van der Waals surface area contributed by atoms with Gasteiger partial charge in [-0.2, -0.15) is 13.2 Å². The first-order chi connectivity index (χ1) is 19.2. The van der Waals surface area contributed by atoms with Crippen LogP contribution in [0.5, 0.6) is 0 Å². The molecule has 3 aliphatic rings. The number of nitrogens with one attached hydrogen (secondary N) is 2. The van der Waals surface area contributed by atoms with E-state index in [-0.39, 0.29) is 24.2 Å². The van der Waals surface area contributed by atoms with Crippen LogP contribution >= 0.6 is 0 Å². The van der Waals surface area contributed by atoms with Gasteiger partial charge >= 0.3 is 6.18 Å². The Morgan fingerprint density at radius 1 is 0.950 bits per heavy atom. The molecule has 1 saturated heterocycles. The number of pyridine rings is 2. The topological polar surface area (TPSA) is 96.2 Å². The first-order valence-electron chi connectivity index (χ1n) is 13.9. The summed E-state index contributed by atoms with van der Waals surface area (Å²) in [5.74, 6) is 0.847. The number of piperidine rings is 1. The molecule has 0 unspecified atom stereocenters. The molecule has 10 heteroatoms. The van der Waals surface area contributed by atoms with Gasteiger partial charge in [-0.3, -0.25) is 4.79 Å². The summed E-state index contributed by atoms with van der Waals surface area (Å²) in [6.07, 6.45) is 5.17. The molecule has 4 N–H and O–H groups in total. The SMILES string of the molecule is NC(=O)c1cccc(-c2ccnc(N[C@@H]3CCCC[C@H]3N[C@H]3C[C@@H]4C[C@H]3N(c3ccc(C(F)(F)F)nc3)C4)c2)c1. The third-order valence-electron chi connectivity index (χ3n) is 8.62. The standard InChI is InChI=1S/C30H33F3N6O/c31-30(32,33)27-9-8-22(16-36-27)39-17-18-12-25(26(39)13-18)37-23-6-1-2-7-24(23)38-28-15-20(10-11-35-28)19-4-3-5-21(14-19)29(34)40/h3-5,8-11,14-16,18,23-26,37H,1-2,6-7,12-13,17H2,(H2,34,40)(H,35,38)/t18-,23-,24-,25+,26-/m1/s1. The molecular formula is C30H33F3N6O. The molecule has 40 heavy (non-hydrogen) atoms. The minimum absolute atomic E-state index is 0.203. The van der Waals surface area contributed by atoms with E-state index in [1.54, 1.807) is 24.4 Å². The van der Waals surface area contributed by atoms with Crippen LogP contribution in [0.1, 0.15) is 54.6 Å². The van der Waals surface area contributed by atoms with Crippen LogP contribution < -0.4 is 21.3 Å². The van der Waals surface area contributed by atoms with E-state index in [1.165, 1.54) is 6.20 Å². The summed E-state index contributed by atoms with van der Waals surface area (Å²) in [7, 11) is 0. The van der Waals surface area contributed by atoms with Crippen molar-refractivity contribution in [3.63, 3.8) is 0 Å². The molecule has 2 aromatic heterocycles. The monoisotopic (exact) mass is 550 g/mol. The maximum Gasteiger partial charge on any atom is 0.433 e. The second-order valence-corrected chi connectivity index (χ2v) is 11.2. The minimum atomic E-state index is -4.43. The maximum absolute atomic E-state index is 13.0. The number of fused-ring (bicyclic) bond motifs is 2. The Balaban J connectivity index is 1.14. The van der Waals surface area contributed by atoms with Gasteiger partial charge < -0.3 is 21.3 Å². The van der Waals surface area contributed by atoms with E-state index in [9.17, 15) is 18.0 Å². The highest BCUT2D eigenvalue weighted by Crippen LogP contribution is 2.41. The van der Waals surface area contributed by atoms with E-state index < -0.39 is 17.8 Å². The zero-order chi connectivity index (χ0) is 27.9. The third kappa shape index (κ3) is 5.50. The lowest BCUT2D eigenvalue weighted by Crippen LogP contribution is -2.56. The molecular weight excluding hydrogens is 517 g/mol. The van der Waals surface area contributed by atoms with Crippen molar-refractivity contribution < 1.29 is 18.0 Å². The second kappa shape index (κ2) is 10.7. The zero-order valence-electron chi connectivity index (χ0n) is 22.1. The molecule has 1 aliphatic heterocycles. The van der Waals surface area contributed by atoms with Gasteiger partial charge in [-0.1, -0.05) is 25.0 Å². The van der Waals surface area contributed by atoms with E-state index in [1.807, 2.05) is 24.3 Å². The van der Waals surface area contributed by atoms with Crippen LogP contribution in [0.25, 0.3) is 11.1 Å². The average Bonchev–Trinajstić information content (AvgIpc) is 3.55. The van der Waals surface area contributed by atoms with E-state index in [0.29, 0.717) is 11.5 Å². The normalized spacial score (nSPS) is 26.2. The van der Waals surface area contributed by atoms with Gasteiger partial charge in [-0.25, -0.2) is 9.97 Å². The Hall–Kier alpha value is -3.66. The molecule has 6 rings (SSSR count). The molecule has 7 nitrogen and oxygen atoms in total. The predicted octanol–water partition coefficient (Wildman–Crippen LogP) is 5.24. The van der Waals surface area contributed by atoms with Gasteiger partial charge in [0.05, 0.1) is 11.9 Å². The summed E-state index contributed by atoms with van der Waals surface area (Å²) in [6.45, 7) is 0.857. The van der Waals surface area contributed by atoms with E-state index in [4.69, 9.17) is 5.73 Å². The van der Waals surface area contributed by atoms with Gasteiger partial charge in [-0.15, -0.1) is 0 Å². The molecule has 0 radical (unpaired) electrons. The fourth-order valence-corrected chi connectivity index (χ4v) is 6.73. The third-order valence-corrected chi connectivity index (χ3v) is 8.62. The molecule has 2 saturated carbocycles. The number of benzene rings is 1. The lowest BCUT2D eigenvalue weighted by atomic mass is 9.89. The van der Waals surface area contributed by atoms with Crippen LogP contribution in [-0.4, -0.2) is 46.6 Å². The van der Waals surface area contributed by atoms with Crippen molar-refractivity contribution in [1.82, 2.24) is 15.3 Å². The van der Waals surface area contributed by atoms with Crippen LogP contribution in [-0.2, 0) is 6.18 Å². The smallest absolute Gasteiger partial charge is 0.366 e. The van der Waals surface area contributed by atoms with Gasteiger partial charge in [0.1, 0.15) is 11.5 Å². The number of nitrogens with two attached hydrogens (primary N) is 1. The average molecular weight is 551 g/mol. The first kappa shape index (κ1) is 26.6. The number of carbonyl (C=O) groups excluding carboxylic acids is 1. The van der Waals surface area contributed by atoms with Crippen LogP contribution in [0.4, 0.5) is 24.7 Å². The number of aromatic nitrogens is 2. The molecule has 210 valence electrons. The highest BCUT2D eigenvalue weighted by atomic mass is 19.4. The Bertz CT molecular complexity index is 1360. The van der Waals surface area contributed by atoms with E-state index in [0.717, 1.165) is 73.8 Å². The number of nitrogens with zero attached hydrogens (tertiary/aromatic N) is 3. The summed E-state index contributed by atoms with van der Waals surface area (Å²) in [6, 6.07) is 14.8. The van der Waals surface area contributed by atoms with Crippen LogP contribution in [0.3, 0.4) is 0 Å². The van der Waals surface area contributed by atoms with Gasteiger partial charge in [0.15, 0.2) is 0 Å². The Morgan fingerprint density at radius 3 is 2.48 bits per heavy atom. The van der Waals surface area contributed by atoms with Crippen molar-refractivity contribution in [2.75, 3.05) is 16.8 Å². The van der Waals surface area contributed by atoms with E-state index in [2.05, 4.69) is 25.5 Å². The minimum Gasteiger partial charge on any atom is -0.366 e. The van der Waals surface area contributed by atoms with Crippen molar-refractivity contribution in [2.24, 2.45) is 11.7 Å². The van der Waals surface area contributed by atoms with E-state index >= 15 is 0 Å². The predicted molar refractivity (Wildman–Crippen MR) is 148 cm³/mol. The Labute approximate surface area is 231 Å². The summed E-state index contributed by atoms with van der Waals surface area (Å²) < 4.78 is 39.0. The maximum atomic E-state index is 13.0. The molecule has 0 spiro atoms. The molecule has 2 aliphatic carbocycles. The van der Waals surface area contributed by atoms with Crippen molar-refractivity contribution in [2.45, 2.75) is 68.9 Å². The quantitative estimate of drug-likeness (QED) is 0.372. The molecule has 1 amide bonds. The van der Waals surface area contributed by atoms with Crippen LogP contribution in [0.2, 0.25) is 0 Å². The van der Waals surface area contributed by atoms with Gasteiger partial charge in [0.2, 0.25) is 5.91 Å². The van der Waals surface area contributed by atoms with Gasteiger partial charge in [-0.05, 0) is 79.1 Å². The molecule has 5 atom stereocenters.